The average molecular weight is 292 g/mol. The van der Waals surface area contributed by atoms with Gasteiger partial charge in [-0.2, -0.15) is 5.10 Å². The number of aromatic nitrogens is 4. The van der Waals surface area contributed by atoms with Gasteiger partial charge in [0.15, 0.2) is 0 Å². The molecule has 7 heteroatoms. The Hall–Kier alpha value is -2.31. The summed E-state index contributed by atoms with van der Waals surface area (Å²) < 4.78 is 33.4. The van der Waals surface area contributed by atoms with Gasteiger partial charge in [0.1, 0.15) is 0 Å². The average Bonchev–Trinajstić information content (AvgIpc) is 3.01. The van der Waals surface area contributed by atoms with Gasteiger partial charge >= 0.3 is 0 Å². The van der Waals surface area contributed by atoms with E-state index in [0.717, 1.165) is 11.3 Å². The predicted molar refractivity (Wildman–Crippen MR) is 73.1 cm³/mol. The maximum atomic E-state index is 13.3. The Morgan fingerprint density at radius 1 is 1.33 bits per heavy atom. The molecule has 0 N–H and O–H groups in total. The SMILES string of the molecule is CCn1ncc(-c2cc(C(F)F)c3c(C)noc3n2)c1C. The molecule has 21 heavy (non-hydrogen) atoms. The highest BCUT2D eigenvalue weighted by Gasteiger charge is 2.21. The number of halogens is 2. The lowest BCUT2D eigenvalue weighted by molar-refractivity contribution is 0.153. The minimum atomic E-state index is -2.62. The van der Waals surface area contributed by atoms with Gasteiger partial charge in [0, 0.05) is 23.4 Å². The summed E-state index contributed by atoms with van der Waals surface area (Å²) in [5, 5.41) is 8.23. The third-order valence-corrected chi connectivity index (χ3v) is 3.56. The number of pyridine rings is 1. The van der Waals surface area contributed by atoms with Crippen LogP contribution in [0.4, 0.5) is 8.78 Å². The van der Waals surface area contributed by atoms with E-state index in [9.17, 15) is 8.78 Å². The molecule has 0 unspecified atom stereocenters. The molecule has 0 aliphatic heterocycles. The molecule has 0 bridgehead atoms. The van der Waals surface area contributed by atoms with Gasteiger partial charge in [-0.25, -0.2) is 13.8 Å². The Morgan fingerprint density at radius 2 is 2.10 bits per heavy atom. The van der Waals surface area contributed by atoms with E-state index < -0.39 is 6.43 Å². The van der Waals surface area contributed by atoms with Crippen molar-refractivity contribution < 1.29 is 13.3 Å². The summed E-state index contributed by atoms with van der Waals surface area (Å²) in [6.07, 6.45) is -0.986. The second-order valence-corrected chi connectivity index (χ2v) is 4.80. The van der Waals surface area contributed by atoms with Crippen LogP contribution < -0.4 is 0 Å². The maximum absolute atomic E-state index is 13.3. The third-order valence-electron chi connectivity index (χ3n) is 3.56. The number of aryl methyl sites for hydroxylation is 2. The molecule has 110 valence electrons. The largest absolute Gasteiger partial charge is 0.336 e. The lowest BCUT2D eigenvalue weighted by atomic mass is 10.1. The number of rotatable bonds is 3. The zero-order valence-electron chi connectivity index (χ0n) is 11.9. The van der Waals surface area contributed by atoms with Gasteiger partial charge in [0.2, 0.25) is 0 Å². The standard InChI is InChI=1S/C14H14F2N4O/c1-4-20-8(3)10(6-17-20)11-5-9(13(15)16)12-7(2)19-21-14(12)18-11/h5-6,13H,4H2,1-3H3. The molecular formula is C14H14F2N4O. The quantitative estimate of drug-likeness (QED) is 0.739. The summed E-state index contributed by atoms with van der Waals surface area (Å²) in [7, 11) is 0. The van der Waals surface area contributed by atoms with Crippen molar-refractivity contribution in [1.82, 2.24) is 19.9 Å². The Bertz CT molecular complexity index is 807. The van der Waals surface area contributed by atoms with E-state index in [1.54, 1.807) is 17.8 Å². The van der Waals surface area contributed by atoms with Gasteiger partial charge in [-0.05, 0) is 26.8 Å². The van der Waals surface area contributed by atoms with E-state index in [2.05, 4.69) is 15.2 Å². The molecule has 0 aliphatic carbocycles. The van der Waals surface area contributed by atoms with E-state index in [-0.39, 0.29) is 16.7 Å². The maximum Gasteiger partial charge on any atom is 0.264 e. The van der Waals surface area contributed by atoms with Crippen molar-refractivity contribution in [3.63, 3.8) is 0 Å². The minimum Gasteiger partial charge on any atom is -0.336 e. The molecule has 0 radical (unpaired) electrons. The van der Waals surface area contributed by atoms with Crippen LogP contribution in [-0.4, -0.2) is 19.9 Å². The molecule has 3 heterocycles. The van der Waals surface area contributed by atoms with Crippen LogP contribution in [0.25, 0.3) is 22.4 Å². The molecule has 0 fully saturated rings. The molecule has 0 saturated carbocycles. The summed E-state index contributed by atoms with van der Waals surface area (Å²) in [5.41, 5.74) is 2.45. The number of alkyl halides is 2. The Morgan fingerprint density at radius 3 is 2.71 bits per heavy atom. The first-order chi connectivity index (χ1) is 10.0. The fourth-order valence-electron chi connectivity index (χ4n) is 2.45. The number of hydrogen-bond donors (Lipinski definition) is 0. The number of nitrogens with zero attached hydrogens (tertiary/aromatic N) is 4. The highest BCUT2D eigenvalue weighted by molar-refractivity contribution is 5.83. The first-order valence-electron chi connectivity index (χ1n) is 6.60. The molecule has 5 nitrogen and oxygen atoms in total. The van der Waals surface area contributed by atoms with Crippen LogP contribution in [0, 0.1) is 13.8 Å². The van der Waals surface area contributed by atoms with Gasteiger partial charge in [-0.15, -0.1) is 0 Å². The van der Waals surface area contributed by atoms with Gasteiger partial charge < -0.3 is 4.52 Å². The fraction of sp³-hybridized carbons (Fsp3) is 0.357. The zero-order chi connectivity index (χ0) is 15.1. The Labute approximate surface area is 119 Å². The van der Waals surface area contributed by atoms with Crippen molar-refractivity contribution in [2.24, 2.45) is 0 Å². The van der Waals surface area contributed by atoms with Gasteiger partial charge in [-0.3, -0.25) is 4.68 Å². The lowest BCUT2D eigenvalue weighted by Gasteiger charge is -2.06. The lowest BCUT2D eigenvalue weighted by Crippen LogP contribution is -1.99. The molecule has 0 saturated heterocycles. The van der Waals surface area contributed by atoms with Crippen LogP contribution in [0.2, 0.25) is 0 Å². The predicted octanol–water partition coefficient (Wildman–Crippen LogP) is 3.66. The highest BCUT2D eigenvalue weighted by Crippen LogP contribution is 2.33. The molecule has 3 rings (SSSR count). The molecular weight excluding hydrogens is 278 g/mol. The molecule has 0 amide bonds. The molecule has 0 spiro atoms. The van der Waals surface area contributed by atoms with E-state index in [1.165, 1.54) is 6.07 Å². The zero-order valence-corrected chi connectivity index (χ0v) is 11.9. The second kappa shape index (κ2) is 4.91. The summed E-state index contributed by atoms with van der Waals surface area (Å²) in [6.45, 7) is 6.17. The summed E-state index contributed by atoms with van der Waals surface area (Å²) >= 11 is 0. The van der Waals surface area contributed by atoms with Crippen LogP contribution in [0.15, 0.2) is 16.8 Å². The first-order valence-corrected chi connectivity index (χ1v) is 6.60. The van der Waals surface area contributed by atoms with Crippen LogP contribution in [0.3, 0.4) is 0 Å². The van der Waals surface area contributed by atoms with Crippen molar-refractivity contribution >= 4 is 11.1 Å². The smallest absolute Gasteiger partial charge is 0.264 e. The summed E-state index contributed by atoms with van der Waals surface area (Å²) in [6, 6.07) is 1.39. The van der Waals surface area contributed by atoms with Crippen molar-refractivity contribution in [1.29, 1.82) is 0 Å². The molecule has 0 atom stereocenters. The number of fused-ring (bicyclic) bond motifs is 1. The van der Waals surface area contributed by atoms with Gasteiger partial charge in [0.05, 0.1) is 23.0 Å². The molecule has 3 aromatic heterocycles. The van der Waals surface area contributed by atoms with E-state index in [0.29, 0.717) is 17.9 Å². The summed E-state index contributed by atoms with van der Waals surface area (Å²) in [4.78, 5) is 4.30. The van der Waals surface area contributed by atoms with Crippen molar-refractivity contribution in [3.8, 4) is 11.3 Å². The Balaban J connectivity index is 2.26. The van der Waals surface area contributed by atoms with E-state index in [4.69, 9.17) is 4.52 Å². The van der Waals surface area contributed by atoms with Crippen LogP contribution in [-0.2, 0) is 6.54 Å². The Kier molecular flexibility index (Phi) is 3.19. The van der Waals surface area contributed by atoms with Crippen LogP contribution >= 0.6 is 0 Å². The summed E-state index contributed by atoms with van der Waals surface area (Å²) in [5.74, 6) is 0. The number of hydrogen-bond acceptors (Lipinski definition) is 4. The topological polar surface area (TPSA) is 56.7 Å². The van der Waals surface area contributed by atoms with Crippen molar-refractivity contribution in [2.45, 2.75) is 33.7 Å². The van der Waals surface area contributed by atoms with Gasteiger partial charge in [0.25, 0.3) is 12.1 Å². The van der Waals surface area contributed by atoms with Crippen molar-refractivity contribution in [3.05, 3.63) is 29.2 Å². The fourth-order valence-corrected chi connectivity index (χ4v) is 2.45. The third kappa shape index (κ3) is 2.09. The second-order valence-electron chi connectivity index (χ2n) is 4.80. The minimum absolute atomic E-state index is 0.114. The normalized spacial score (nSPS) is 11.7. The van der Waals surface area contributed by atoms with E-state index >= 15 is 0 Å². The van der Waals surface area contributed by atoms with Crippen molar-refractivity contribution in [2.75, 3.05) is 0 Å². The molecule has 0 aliphatic rings. The highest BCUT2D eigenvalue weighted by atomic mass is 19.3. The van der Waals surface area contributed by atoms with Gasteiger partial charge in [-0.1, -0.05) is 5.16 Å². The van der Waals surface area contributed by atoms with E-state index in [1.807, 2.05) is 13.8 Å². The van der Waals surface area contributed by atoms with Crippen LogP contribution in [0.5, 0.6) is 0 Å². The van der Waals surface area contributed by atoms with Crippen LogP contribution in [0.1, 0.15) is 30.3 Å². The monoisotopic (exact) mass is 292 g/mol. The molecule has 3 aromatic rings. The first kappa shape index (κ1) is 13.7. The molecule has 0 aromatic carbocycles.